The molecule has 2 rings (SSSR count). The summed E-state index contributed by atoms with van der Waals surface area (Å²) in [7, 11) is 0. The number of hydrogen-bond donors (Lipinski definition) is 2. The lowest BCUT2D eigenvalue weighted by atomic mass is 10.2. The number of ether oxygens (including phenoxy) is 1. The van der Waals surface area contributed by atoms with Crippen LogP contribution in [0.3, 0.4) is 0 Å². The van der Waals surface area contributed by atoms with Crippen LogP contribution in [0.4, 0.5) is 0 Å². The standard InChI is InChI=1S/C17H32N4O/c1-4-18-17(20-16-8-5-6-9-16)19-10-7-11-21-12-14(2)22-15(3)13-21/h5-6,14-16H,4,7-13H2,1-3H3,(H2,18,19,20). The van der Waals surface area contributed by atoms with Crippen LogP contribution in [0.15, 0.2) is 17.1 Å². The van der Waals surface area contributed by atoms with Crippen molar-refractivity contribution in [3.63, 3.8) is 0 Å². The van der Waals surface area contributed by atoms with Crippen molar-refractivity contribution < 1.29 is 4.74 Å². The Bertz CT molecular complexity index is 365. The summed E-state index contributed by atoms with van der Waals surface area (Å²) < 4.78 is 5.77. The lowest BCUT2D eigenvalue weighted by Gasteiger charge is -2.35. The van der Waals surface area contributed by atoms with Gasteiger partial charge < -0.3 is 15.4 Å². The summed E-state index contributed by atoms with van der Waals surface area (Å²) >= 11 is 0. The van der Waals surface area contributed by atoms with E-state index in [-0.39, 0.29) is 0 Å². The number of nitrogens with zero attached hydrogens (tertiary/aromatic N) is 2. The summed E-state index contributed by atoms with van der Waals surface area (Å²) in [5.74, 6) is 0.958. The fraction of sp³-hybridized carbons (Fsp3) is 0.824. The summed E-state index contributed by atoms with van der Waals surface area (Å²) in [4.78, 5) is 7.20. The monoisotopic (exact) mass is 308 g/mol. The van der Waals surface area contributed by atoms with Crippen LogP contribution in [0, 0.1) is 0 Å². The molecule has 2 N–H and O–H groups in total. The number of aliphatic imine (C=N–C) groups is 1. The molecular formula is C17H32N4O. The highest BCUT2D eigenvalue weighted by Crippen LogP contribution is 2.11. The third-order valence-corrected chi connectivity index (χ3v) is 4.09. The molecule has 5 heteroatoms. The van der Waals surface area contributed by atoms with Gasteiger partial charge in [-0.2, -0.15) is 0 Å². The predicted molar refractivity (Wildman–Crippen MR) is 92.3 cm³/mol. The second-order valence-electron chi connectivity index (χ2n) is 6.42. The van der Waals surface area contributed by atoms with E-state index >= 15 is 0 Å². The molecule has 2 atom stereocenters. The zero-order valence-electron chi connectivity index (χ0n) is 14.3. The summed E-state index contributed by atoms with van der Waals surface area (Å²) in [5, 5.41) is 6.85. The second kappa shape index (κ2) is 9.16. The topological polar surface area (TPSA) is 48.9 Å². The second-order valence-corrected chi connectivity index (χ2v) is 6.42. The van der Waals surface area contributed by atoms with Gasteiger partial charge in [-0.15, -0.1) is 0 Å². The lowest BCUT2D eigenvalue weighted by Crippen LogP contribution is -2.46. The van der Waals surface area contributed by atoms with E-state index in [0.717, 1.165) is 57.9 Å². The lowest BCUT2D eigenvalue weighted by molar-refractivity contribution is -0.0679. The first-order valence-corrected chi connectivity index (χ1v) is 8.75. The Hall–Kier alpha value is -1.07. The van der Waals surface area contributed by atoms with Crippen molar-refractivity contribution in [2.75, 3.05) is 32.7 Å². The molecule has 1 heterocycles. The fourth-order valence-corrected chi connectivity index (χ4v) is 3.20. The van der Waals surface area contributed by atoms with Gasteiger partial charge in [0.25, 0.3) is 0 Å². The zero-order valence-corrected chi connectivity index (χ0v) is 14.3. The molecule has 0 aromatic heterocycles. The average Bonchev–Trinajstić information content (AvgIpc) is 2.95. The molecule has 2 unspecified atom stereocenters. The van der Waals surface area contributed by atoms with Crippen LogP contribution in [0.25, 0.3) is 0 Å². The van der Waals surface area contributed by atoms with Crippen LogP contribution in [0.1, 0.15) is 40.0 Å². The molecule has 126 valence electrons. The van der Waals surface area contributed by atoms with E-state index in [0.29, 0.717) is 18.2 Å². The van der Waals surface area contributed by atoms with Gasteiger partial charge in [0.2, 0.25) is 0 Å². The van der Waals surface area contributed by atoms with E-state index in [2.05, 4.69) is 48.5 Å². The molecule has 5 nitrogen and oxygen atoms in total. The maximum Gasteiger partial charge on any atom is 0.191 e. The van der Waals surface area contributed by atoms with Crippen molar-refractivity contribution in [2.24, 2.45) is 4.99 Å². The zero-order chi connectivity index (χ0) is 15.8. The minimum atomic E-state index is 0.348. The van der Waals surface area contributed by atoms with E-state index in [1.54, 1.807) is 0 Å². The maximum absolute atomic E-state index is 5.77. The number of rotatable bonds is 6. The van der Waals surface area contributed by atoms with Gasteiger partial charge in [0.15, 0.2) is 5.96 Å². The molecule has 0 bridgehead atoms. The van der Waals surface area contributed by atoms with Crippen LogP contribution in [-0.2, 0) is 4.74 Å². The normalized spacial score (nSPS) is 27.3. The highest BCUT2D eigenvalue weighted by molar-refractivity contribution is 5.80. The molecule has 0 aromatic carbocycles. The van der Waals surface area contributed by atoms with Gasteiger partial charge in [0.1, 0.15) is 0 Å². The van der Waals surface area contributed by atoms with Crippen molar-refractivity contribution in [3.05, 3.63) is 12.2 Å². The minimum Gasteiger partial charge on any atom is -0.373 e. The number of nitrogens with one attached hydrogen (secondary N) is 2. The maximum atomic E-state index is 5.77. The van der Waals surface area contributed by atoms with Crippen LogP contribution in [-0.4, -0.2) is 61.8 Å². The molecule has 0 radical (unpaired) electrons. The van der Waals surface area contributed by atoms with E-state index in [9.17, 15) is 0 Å². The number of hydrogen-bond acceptors (Lipinski definition) is 3. The molecule has 1 aliphatic carbocycles. The fourth-order valence-electron chi connectivity index (χ4n) is 3.20. The van der Waals surface area contributed by atoms with Crippen LogP contribution >= 0.6 is 0 Å². The van der Waals surface area contributed by atoms with Crippen molar-refractivity contribution in [1.29, 1.82) is 0 Å². The van der Waals surface area contributed by atoms with E-state index in [1.165, 1.54) is 0 Å². The van der Waals surface area contributed by atoms with Crippen LogP contribution in [0.5, 0.6) is 0 Å². The first-order chi connectivity index (χ1) is 10.7. The third-order valence-electron chi connectivity index (χ3n) is 4.09. The Labute approximate surface area is 135 Å². The molecular weight excluding hydrogens is 276 g/mol. The van der Waals surface area contributed by atoms with E-state index in [1.807, 2.05) is 0 Å². The van der Waals surface area contributed by atoms with Gasteiger partial charge >= 0.3 is 0 Å². The molecule has 0 amide bonds. The van der Waals surface area contributed by atoms with Crippen LogP contribution < -0.4 is 10.6 Å². The van der Waals surface area contributed by atoms with Gasteiger partial charge in [0.05, 0.1) is 12.2 Å². The smallest absolute Gasteiger partial charge is 0.191 e. The molecule has 0 spiro atoms. The molecule has 0 saturated carbocycles. The summed E-state index contributed by atoms with van der Waals surface area (Å²) in [5.41, 5.74) is 0. The van der Waals surface area contributed by atoms with Gasteiger partial charge in [-0.25, -0.2) is 0 Å². The Kier molecular flexibility index (Phi) is 7.19. The van der Waals surface area contributed by atoms with Crippen molar-refractivity contribution in [3.8, 4) is 0 Å². The average molecular weight is 308 g/mol. The molecule has 1 saturated heterocycles. The summed E-state index contributed by atoms with van der Waals surface area (Å²) in [6.45, 7) is 11.4. The summed E-state index contributed by atoms with van der Waals surface area (Å²) in [6.07, 6.45) is 8.48. The molecule has 2 aliphatic rings. The molecule has 1 aliphatic heterocycles. The minimum absolute atomic E-state index is 0.348. The third kappa shape index (κ3) is 5.97. The molecule has 22 heavy (non-hydrogen) atoms. The quantitative estimate of drug-likeness (QED) is 0.340. The Morgan fingerprint density at radius 2 is 1.91 bits per heavy atom. The highest BCUT2D eigenvalue weighted by Gasteiger charge is 2.21. The van der Waals surface area contributed by atoms with Crippen LogP contribution in [0.2, 0.25) is 0 Å². The van der Waals surface area contributed by atoms with Gasteiger partial charge in [-0.1, -0.05) is 12.2 Å². The predicted octanol–water partition coefficient (Wildman–Crippen LogP) is 1.76. The highest BCUT2D eigenvalue weighted by atomic mass is 16.5. The Morgan fingerprint density at radius 1 is 1.23 bits per heavy atom. The van der Waals surface area contributed by atoms with Crippen molar-refractivity contribution in [1.82, 2.24) is 15.5 Å². The van der Waals surface area contributed by atoms with E-state index in [4.69, 9.17) is 9.73 Å². The van der Waals surface area contributed by atoms with E-state index < -0.39 is 0 Å². The Morgan fingerprint density at radius 3 is 2.55 bits per heavy atom. The summed E-state index contributed by atoms with van der Waals surface area (Å²) in [6, 6.07) is 0.513. The SMILES string of the molecule is CCNC(=NCCCN1CC(C)OC(C)C1)NC1CC=CC1. The first-order valence-electron chi connectivity index (χ1n) is 8.75. The molecule has 1 fully saturated rings. The van der Waals surface area contributed by atoms with Gasteiger partial charge in [0, 0.05) is 38.8 Å². The van der Waals surface area contributed by atoms with Crippen molar-refractivity contribution in [2.45, 2.75) is 58.3 Å². The van der Waals surface area contributed by atoms with Gasteiger partial charge in [-0.05, 0) is 40.0 Å². The van der Waals surface area contributed by atoms with Gasteiger partial charge in [-0.3, -0.25) is 9.89 Å². The number of morpholine rings is 1. The Balaban J connectivity index is 1.69. The van der Waals surface area contributed by atoms with Crippen molar-refractivity contribution >= 4 is 5.96 Å². The largest absolute Gasteiger partial charge is 0.373 e. The number of guanidine groups is 1. The molecule has 0 aromatic rings. The first kappa shape index (κ1) is 17.3.